The molecule has 0 bridgehead atoms. The van der Waals surface area contributed by atoms with E-state index in [1.54, 1.807) is 7.11 Å². The first-order chi connectivity index (χ1) is 12.7. The van der Waals surface area contributed by atoms with Crippen LogP contribution in [0.1, 0.15) is 0 Å². The topological polar surface area (TPSA) is 34.7 Å². The number of nitrogens with zero attached hydrogens (tertiary/aromatic N) is 1. The van der Waals surface area contributed by atoms with Crippen LogP contribution in [0, 0.1) is 0 Å². The maximum atomic E-state index is 6.11. The lowest BCUT2D eigenvalue weighted by Gasteiger charge is -2.06. The van der Waals surface area contributed by atoms with Gasteiger partial charge in [0.05, 0.1) is 18.2 Å². The maximum Gasteiger partial charge on any atom is 0.136 e. The molecule has 4 heteroatoms. The Morgan fingerprint density at radius 1 is 0.885 bits per heavy atom. The van der Waals surface area contributed by atoms with E-state index in [9.17, 15) is 0 Å². The highest BCUT2D eigenvalue weighted by atomic mass is 79.9. The van der Waals surface area contributed by atoms with Crippen molar-refractivity contribution in [2.24, 2.45) is 4.99 Å². The van der Waals surface area contributed by atoms with E-state index in [4.69, 9.17) is 14.1 Å². The molecule has 3 nitrogen and oxygen atoms in total. The first-order valence-electron chi connectivity index (χ1n) is 8.20. The van der Waals surface area contributed by atoms with Gasteiger partial charge in [-0.25, -0.2) is 4.99 Å². The van der Waals surface area contributed by atoms with Crippen LogP contribution >= 0.6 is 15.9 Å². The molecule has 4 rings (SSSR count). The summed E-state index contributed by atoms with van der Waals surface area (Å²) >= 11 is 3.46. The first kappa shape index (κ1) is 16.6. The van der Waals surface area contributed by atoms with E-state index in [1.807, 2.05) is 78.9 Å². The number of hydrogen-bond donors (Lipinski definition) is 0. The molecule has 1 aromatic heterocycles. The average molecular weight is 406 g/mol. The number of methoxy groups -OCH3 is 1. The summed E-state index contributed by atoms with van der Waals surface area (Å²) in [5, 5.41) is 1.85. The summed E-state index contributed by atoms with van der Waals surface area (Å²) in [7, 11) is 1.66. The summed E-state index contributed by atoms with van der Waals surface area (Å²) in [6.07, 6.45) is 0. The Balaban J connectivity index is 1.91. The third-order valence-corrected chi connectivity index (χ3v) is 4.63. The van der Waals surface area contributed by atoms with Crippen LogP contribution in [0.5, 0.6) is 5.75 Å². The molecular weight excluding hydrogens is 390 g/mol. The van der Waals surface area contributed by atoms with Crippen molar-refractivity contribution in [3.63, 3.8) is 0 Å². The van der Waals surface area contributed by atoms with Crippen LogP contribution in [0.4, 0.5) is 5.69 Å². The van der Waals surface area contributed by atoms with E-state index < -0.39 is 0 Å². The number of para-hydroxylation sites is 1. The van der Waals surface area contributed by atoms with Crippen LogP contribution < -0.4 is 10.1 Å². The van der Waals surface area contributed by atoms with Crippen LogP contribution in [-0.4, -0.2) is 7.11 Å². The predicted octanol–water partition coefficient (Wildman–Crippen LogP) is 6.10. The van der Waals surface area contributed by atoms with Gasteiger partial charge in [-0.1, -0.05) is 28.1 Å². The molecule has 26 heavy (non-hydrogen) atoms. The molecule has 0 atom stereocenters. The van der Waals surface area contributed by atoms with Gasteiger partial charge in [-0.05, 0) is 60.7 Å². The summed E-state index contributed by atoms with van der Waals surface area (Å²) in [4.78, 5) is 4.82. The summed E-state index contributed by atoms with van der Waals surface area (Å²) in [5.41, 5.74) is 2.67. The third-order valence-electron chi connectivity index (χ3n) is 4.10. The SMILES string of the molecule is COc1ccc(-c2cc(=Nc3ccc(Br)cc3)c3ccccc3o2)cc1. The summed E-state index contributed by atoms with van der Waals surface area (Å²) in [6, 6.07) is 25.7. The maximum absolute atomic E-state index is 6.11. The lowest BCUT2D eigenvalue weighted by atomic mass is 10.1. The van der Waals surface area contributed by atoms with Gasteiger partial charge in [0.1, 0.15) is 17.1 Å². The molecule has 0 amide bonds. The molecule has 0 aliphatic rings. The fourth-order valence-corrected chi connectivity index (χ4v) is 3.03. The van der Waals surface area contributed by atoms with Crippen LogP contribution in [0.15, 0.2) is 92.7 Å². The molecule has 0 fully saturated rings. The molecule has 0 spiro atoms. The second kappa shape index (κ2) is 7.18. The summed E-state index contributed by atoms with van der Waals surface area (Å²) in [5.74, 6) is 1.58. The number of benzene rings is 3. The van der Waals surface area contributed by atoms with E-state index in [0.717, 1.165) is 43.6 Å². The van der Waals surface area contributed by atoms with Crippen LogP contribution in [0.2, 0.25) is 0 Å². The molecule has 0 saturated heterocycles. The van der Waals surface area contributed by atoms with Crippen molar-refractivity contribution in [3.05, 3.63) is 88.7 Å². The Hall–Kier alpha value is -2.85. The zero-order valence-corrected chi connectivity index (χ0v) is 15.7. The zero-order valence-electron chi connectivity index (χ0n) is 14.1. The van der Waals surface area contributed by atoms with Gasteiger partial charge in [-0.2, -0.15) is 0 Å². The second-order valence-corrected chi connectivity index (χ2v) is 6.72. The van der Waals surface area contributed by atoms with Crippen molar-refractivity contribution in [1.29, 1.82) is 0 Å². The molecule has 0 unspecified atom stereocenters. The van der Waals surface area contributed by atoms with Gasteiger partial charge in [-0.15, -0.1) is 0 Å². The minimum absolute atomic E-state index is 0.766. The number of halogens is 1. The fraction of sp³-hybridized carbons (Fsp3) is 0.0455. The van der Waals surface area contributed by atoms with Gasteiger partial charge in [0, 0.05) is 21.5 Å². The lowest BCUT2D eigenvalue weighted by molar-refractivity contribution is 0.415. The average Bonchev–Trinajstić information content (AvgIpc) is 2.69. The van der Waals surface area contributed by atoms with Gasteiger partial charge >= 0.3 is 0 Å². The van der Waals surface area contributed by atoms with Crippen molar-refractivity contribution in [1.82, 2.24) is 0 Å². The van der Waals surface area contributed by atoms with Gasteiger partial charge in [0.2, 0.25) is 0 Å². The van der Waals surface area contributed by atoms with E-state index >= 15 is 0 Å². The highest BCUT2D eigenvalue weighted by molar-refractivity contribution is 9.10. The van der Waals surface area contributed by atoms with E-state index in [1.165, 1.54) is 0 Å². The quantitative estimate of drug-likeness (QED) is 0.412. The van der Waals surface area contributed by atoms with Gasteiger partial charge in [0.25, 0.3) is 0 Å². The minimum Gasteiger partial charge on any atom is -0.497 e. The van der Waals surface area contributed by atoms with Gasteiger partial charge in [-0.3, -0.25) is 0 Å². The molecule has 0 saturated carbocycles. The zero-order chi connectivity index (χ0) is 17.9. The van der Waals surface area contributed by atoms with Crippen molar-refractivity contribution in [2.45, 2.75) is 0 Å². The highest BCUT2D eigenvalue weighted by Crippen LogP contribution is 2.25. The Bertz CT molecular complexity index is 1110. The van der Waals surface area contributed by atoms with Crippen molar-refractivity contribution < 1.29 is 9.15 Å². The molecule has 3 aromatic carbocycles. The standard InChI is InChI=1S/C22H16BrNO2/c1-25-18-12-6-15(7-13-18)22-14-20(19-4-2-3-5-21(19)26-22)24-17-10-8-16(23)9-11-17/h2-14H,1H3. The fourth-order valence-electron chi connectivity index (χ4n) is 2.76. The molecule has 128 valence electrons. The molecule has 1 heterocycles. The number of fused-ring (bicyclic) bond motifs is 1. The van der Waals surface area contributed by atoms with E-state index in [0.29, 0.717) is 0 Å². The third kappa shape index (κ3) is 3.41. The molecule has 0 N–H and O–H groups in total. The monoisotopic (exact) mass is 405 g/mol. The number of hydrogen-bond acceptors (Lipinski definition) is 3. The minimum atomic E-state index is 0.766. The lowest BCUT2D eigenvalue weighted by Crippen LogP contribution is -2.03. The van der Waals surface area contributed by atoms with Crippen LogP contribution in [0.25, 0.3) is 22.3 Å². The van der Waals surface area contributed by atoms with Crippen molar-refractivity contribution in [2.75, 3.05) is 7.11 Å². The largest absolute Gasteiger partial charge is 0.497 e. The van der Waals surface area contributed by atoms with Crippen molar-refractivity contribution in [3.8, 4) is 17.1 Å². The van der Waals surface area contributed by atoms with Gasteiger partial charge in [0.15, 0.2) is 0 Å². The number of ether oxygens (including phenoxy) is 1. The van der Waals surface area contributed by atoms with E-state index in [2.05, 4.69) is 15.9 Å². The Labute approximate surface area is 159 Å². The highest BCUT2D eigenvalue weighted by Gasteiger charge is 2.06. The van der Waals surface area contributed by atoms with Crippen LogP contribution in [0.3, 0.4) is 0 Å². The van der Waals surface area contributed by atoms with E-state index in [-0.39, 0.29) is 0 Å². The normalized spacial score (nSPS) is 11.7. The van der Waals surface area contributed by atoms with Crippen LogP contribution in [-0.2, 0) is 0 Å². The first-order valence-corrected chi connectivity index (χ1v) is 9.00. The molecule has 4 aromatic rings. The Morgan fingerprint density at radius 3 is 2.35 bits per heavy atom. The molecular formula is C22H16BrNO2. The summed E-state index contributed by atoms with van der Waals surface area (Å²) < 4.78 is 12.4. The number of rotatable bonds is 3. The molecule has 0 aliphatic carbocycles. The predicted molar refractivity (Wildman–Crippen MR) is 108 cm³/mol. The second-order valence-electron chi connectivity index (χ2n) is 5.81. The molecule has 0 aliphatic heterocycles. The van der Waals surface area contributed by atoms with Gasteiger partial charge < -0.3 is 9.15 Å². The smallest absolute Gasteiger partial charge is 0.136 e. The van der Waals surface area contributed by atoms with Crippen molar-refractivity contribution >= 4 is 32.6 Å². The summed E-state index contributed by atoms with van der Waals surface area (Å²) in [6.45, 7) is 0. The molecule has 0 radical (unpaired) electrons. The Morgan fingerprint density at radius 2 is 1.62 bits per heavy atom. The Kier molecular flexibility index (Phi) is 4.59.